The molecule has 1 aliphatic carbocycles. The summed E-state index contributed by atoms with van der Waals surface area (Å²) in [6.07, 6.45) is 5.47. The second-order valence-corrected chi connectivity index (χ2v) is 9.94. The van der Waals surface area contributed by atoms with Gasteiger partial charge < -0.3 is 9.64 Å². The number of likely N-dealkylation sites (N-methyl/N-ethyl adjacent to an activating group) is 1. The molecule has 3 aliphatic rings. The highest BCUT2D eigenvalue weighted by Gasteiger charge is 2.45. The fourth-order valence-corrected chi connectivity index (χ4v) is 5.41. The van der Waals surface area contributed by atoms with Gasteiger partial charge in [0.25, 0.3) is 0 Å². The summed E-state index contributed by atoms with van der Waals surface area (Å²) in [4.78, 5) is 19.3. The number of ether oxygens (including phenoxy) is 1. The third kappa shape index (κ3) is 4.84. The minimum Gasteiger partial charge on any atom is -0.441 e. The monoisotopic (exact) mass is 433 g/mol. The Morgan fingerprint density at radius 3 is 2.34 bits per heavy atom. The second kappa shape index (κ2) is 9.24. The van der Waals surface area contributed by atoms with Crippen LogP contribution in [0.15, 0.2) is 48.5 Å². The summed E-state index contributed by atoms with van der Waals surface area (Å²) in [6.45, 7) is 6.95. The lowest BCUT2D eigenvalue weighted by molar-refractivity contribution is 0.0260. The topological polar surface area (TPSA) is 36.0 Å². The Hall–Kier alpha value is -2.37. The van der Waals surface area contributed by atoms with Gasteiger partial charge in [-0.05, 0) is 61.1 Å². The van der Waals surface area contributed by atoms with E-state index in [0.717, 1.165) is 57.7 Å². The predicted molar refractivity (Wildman–Crippen MR) is 127 cm³/mol. The Morgan fingerprint density at radius 1 is 0.844 bits per heavy atom. The van der Waals surface area contributed by atoms with Crippen molar-refractivity contribution in [3.63, 3.8) is 0 Å². The van der Waals surface area contributed by atoms with Gasteiger partial charge in [0.05, 0.1) is 6.54 Å². The number of rotatable bonds is 5. The van der Waals surface area contributed by atoms with E-state index in [1.54, 1.807) is 0 Å². The van der Waals surface area contributed by atoms with Gasteiger partial charge in [-0.15, -0.1) is 0 Å². The molecule has 3 fully saturated rings. The molecule has 0 radical (unpaired) electrons. The standard InChI is InChI=1S/C27H35N3O2/c1-28-14-16-29(17-15-28)19-22-8-10-24(11-9-22)25-7-5-6-23(18-25)20-30-21-27(32-26(30)31)12-3-2-4-13-27/h5-11,18H,2-4,12-17,19-21H2,1H3. The van der Waals surface area contributed by atoms with E-state index >= 15 is 0 Å². The average molecular weight is 434 g/mol. The fraction of sp³-hybridized carbons (Fsp3) is 0.519. The van der Waals surface area contributed by atoms with Gasteiger partial charge in [-0.2, -0.15) is 0 Å². The van der Waals surface area contributed by atoms with Crippen LogP contribution in [0.2, 0.25) is 0 Å². The van der Waals surface area contributed by atoms with E-state index in [1.165, 1.54) is 36.0 Å². The second-order valence-electron chi connectivity index (χ2n) is 9.94. The molecule has 0 N–H and O–H groups in total. The van der Waals surface area contributed by atoms with Gasteiger partial charge in [0.15, 0.2) is 0 Å². The number of nitrogens with zero attached hydrogens (tertiary/aromatic N) is 3. The maximum Gasteiger partial charge on any atom is 0.410 e. The largest absolute Gasteiger partial charge is 0.441 e. The zero-order valence-corrected chi connectivity index (χ0v) is 19.3. The number of carbonyl (C=O) groups is 1. The van der Waals surface area contributed by atoms with Crippen molar-refractivity contribution in [1.29, 1.82) is 0 Å². The predicted octanol–water partition coefficient (Wildman–Crippen LogP) is 4.76. The first kappa shape index (κ1) is 21.5. The minimum atomic E-state index is -0.230. The van der Waals surface area contributed by atoms with Crippen molar-refractivity contribution in [2.24, 2.45) is 0 Å². The first-order chi connectivity index (χ1) is 15.6. The lowest BCUT2D eigenvalue weighted by atomic mass is 9.85. The maximum atomic E-state index is 12.5. The Labute approximate surface area is 191 Å². The summed E-state index contributed by atoms with van der Waals surface area (Å²) in [6, 6.07) is 17.6. The zero-order valence-electron chi connectivity index (χ0n) is 19.3. The van der Waals surface area contributed by atoms with Gasteiger partial charge in [-0.3, -0.25) is 9.80 Å². The van der Waals surface area contributed by atoms with Gasteiger partial charge in [-0.1, -0.05) is 48.9 Å². The number of benzene rings is 2. The van der Waals surface area contributed by atoms with Crippen LogP contribution in [0.5, 0.6) is 0 Å². The van der Waals surface area contributed by atoms with Crippen LogP contribution in [-0.2, 0) is 17.8 Å². The van der Waals surface area contributed by atoms with Crippen LogP contribution in [0.4, 0.5) is 4.79 Å². The molecule has 2 heterocycles. The van der Waals surface area contributed by atoms with Crippen LogP contribution >= 0.6 is 0 Å². The molecule has 0 aromatic heterocycles. The normalized spacial score (nSPS) is 21.8. The maximum absolute atomic E-state index is 12.5. The number of piperazine rings is 1. The first-order valence-corrected chi connectivity index (χ1v) is 12.2. The highest BCUT2D eigenvalue weighted by molar-refractivity contribution is 5.71. The molecule has 5 nitrogen and oxygen atoms in total. The van der Waals surface area contributed by atoms with Crippen molar-refractivity contribution in [2.45, 2.75) is 50.8 Å². The van der Waals surface area contributed by atoms with Crippen molar-refractivity contribution >= 4 is 6.09 Å². The molecule has 170 valence electrons. The van der Waals surface area contributed by atoms with Crippen molar-refractivity contribution in [3.8, 4) is 11.1 Å². The average Bonchev–Trinajstić information content (AvgIpc) is 3.10. The lowest BCUT2D eigenvalue weighted by Gasteiger charge is -2.32. The quantitative estimate of drug-likeness (QED) is 0.681. The molecule has 1 saturated carbocycles. The molecule has 2 aliphatic heterocycles. The zero-order chi connectivity index (χ0) is 22.0. The Balaban J connectivity index is 1.22. The molecule has 32 heavy (non-hydrogen) atoms. The lowest BCUT2D eigenvalue weighted by Crippen LogP contribution is -2.43. The molecule has 5 rings (SSSR count). The fourth-order valence-electron chi connectivity index (χ4n) is 5.41. The molecule has 1 amide bonds. The van der Waals surface area contributed by atoms with E-state index in [-0.39, 0.29) is 11.7 Å². The Morgan fingerprint density at radius 2 is 1.59 bits per heavy atom. The molecule has 0 atom stereocenters. The van der Waals surface area contributed by atoms with E-state index in [2.05, 4.69) is 65.4 Å². The molecule has 2 aromatic rings. The smallest absolute Gasteiger partial charge is 0.410 e. The van der Waals surface area contributed by atoms with Crippen molar-refractivity contribution in [3.05, 3.63) is 59.7 Å². The third-order valence-corrected chi connectivity index (χ3v) is 7.40. The highest BCUT2D eigenvalue weighted by Crippen LogP contribution is 2.37. The Bertz CT molecular complexity index is 928. The molecule has 1 spiro atoms. The van der Waals surface area contributed by atoms with Crippen LogP contribution in [0.25, 0.3) is 11.1 Å². The van der Waals surface area contributed by atoms with Crippen LogP contribution in [0.1, 0.15) is 43.2 Å². The van der Waals surface area contributed by atoms with E-state index in [1.807, 2.05) is 4.90 Å². The summed E-state index contributed by atoms with van der Waals surface area (Å²) in [5.74, 6) is 0. The SMILES string of the molecule is CN1CCN(Cc2ccc(-c3cccc(CN4CC5(CCCCC5)OC4=O)c3)cc2)CC1. The number of carbonyl (C=O) groups excluding carboxylic acids is 1. The van der Waals surface area contributed by atoms with E-state index in [9.17, 15) is 4.79 Å². The number of hydrogen-bond donors (Lipinski definition) is 0. The van der Waals surface area contributed by atoms with Crippen LogP contribution < -0.4 is 0 Å². The molecular formula is C27H35N3O2. The molecule has 2 saturated heterocycles. The third-order valence-electron chi connectivity index (χ3n) is 7.40. The Kier molecular flexibility index (Phi) is 6.20. The van der Waals surface area contributed by atoms with Gasteiger partial charge >= 0.3 is 6.09 Å². The van der Waals surface area contributed by atoms with Crippen molar-refractivity contribution in [1.82, 2.24) is 14.7 Å². The molecule has 0 unspecified atom stereocenters. The number of amides is 1. The molecule has 2 aromatic carbocycles. The molecular weight excluding hydrogens is 398 g/mol. The molecule has 5 heteroatoms. The summed E-state index contributed by atoms with van der Waals surface area (Å²) in [7, 11) is 2.20. The first-order valence-electron chi connectivity index (χ1n) is 12.2. The number of hydrogen-bond acceptors (Lipinski definition) is 4. The highest BCUT2D eigenvalue weighted by atomic mass is 16.6. The van der Waals surface area contributed by atoms with Gasteiger partial charge in [0.2, 0.25) is 0 Å². The van der Waals surface area contributed by atoms with Gasteiger partial charge in [0.1, 0.15) is 5.60 Å². The van der Waals surface area contributed by atoms with Crippen LogP contribution in [-0.4, -0.2) is 66.2 Å². The van der Waals surface area contributed by atoms with E-state index in [4.69, 9.17) is 4.74 Å². The van der Waals surface area contributed by atoms with Gasteiger partial charge in [0, 0.05) is 39.3 Å². The van der Waals surface area contributed by atoms with E-state index < -0.39 is 0 Å². The molecule has 0 bridgehead atoms. The van der Waals surface area contributed by atoms with Gasteiger partial charge in [-0.25, -0.2) is 4.79 Å². The van der Waals surface area contributed by atoms with Crippen molar-refractivity contribution < 1.29 is 9.53 Å². The summed E-state index contributed by atoms with van der Waals surface area (Å²) in [5.41, 5.74) is 4.73. The van der Waals surface area contributed by atoms with Crippen LogP contribution in [0.3, 0.4) is 0 Å². The summed E-state index contributed by atoms with van der Waals surface area (Å²) >= 11 is 0. The van der Waals surface area contributed by atoms with Crippen LogP contribution in [0, 0.1) is 0 Å². The minimum absolute atomic E-state index is 0.148. The summed E-state index contributed by atoms with van der Waals surface area (Å²) < 4.78 is 5.85. The van der Waals surface area contributed by atoms with E-state index in [0.29, 0.717) is 6.54 Å². The van der Waals surface area contributed by atoms with Crippen molar-refractivity contribution in [2.75, 3.05) is 39.8 Å². The summed E-state index contributed by atoms with van der Waals surface area (Å²) in [5, 5.41) is 0.